The monoisotopic (exact) mass is 247 g/mol. The number of nitrogens with zero attached hydrogens (tertiary/aromatic N) is 5. The fourth-order valence-corrected chi connectivity index (χ4v) is 2.45. The Morgan fingerprint density at radius 1 is 1.17 bits per heavy atom. The molecular weight excluding hydrogens is 230 g/mol. The normalized spacial score (nSPS) is 15.4. The summed E-state index contributed by atoms with van der Waals surface area (Å²) in [7, 11) is 0. The molecule has 6 nitrogen and oxygen atoms in total. The van der Waals surface area contributed by atoms with Crippen LogP contribution in [0.3, 0.4) is 0 Å². The van der Waals surface area contributed by atoms with Gasteiger partial charge in [0.25, 0.3) is 0 Å². The van der Waals surface area contributed by atoms with Gasteiger partial charge in [-0.15, -0.1) is 10.2 Å². The quantitative estimate of drug-likeness (QED) is 0.868. The highest BCUT2D eigenvalue weighted by Gasteiger charge is 2.15. The van der Waals surface area contributed by atoms with Crippen LogP contribution in [0.25, 0.3) is 0 Å². The van der Waals surface area contributed by atoms with Crippen molar-refractivity contribution in [1.29, 1.82) is 0 Å². The molecule has 0 radical (unpaired) electrons. The average Bonchev–Trinajstić information content (AvgIpc) is 2.91. The van der Waals surface area contributed by atoms with Gasteiger partial charge in [-0.3, -0.25) is 0 Å². The molecule has 0 spiro atoms. The average molecular weight is 247 g/mol. The van der Waals surface area contributed by atoms with E-state index in [4.69, 9.17) is 0 Å². The van der Waals surface area contributed by atoms with Crippen molar-refractivity contribution in [3.8, 4) is 0 Å². The van der Waals surface area contributed by atoms with E-state index >= 15 is 0 Å². The van der Waals surface area contributed by atoms with Gasteiger partial charge < -0.3 is 14.2 Å². The van der Waals surface area contributed by atoms with Crippen LogP contribution in [0.5, 0.6) is 0 Å². The molecule has 2 aromatic heterocycles. The molecule has 0 amide bonds. The van der Waals surface area contributed by atoms with E-state index in [9.17, 15) is 5.11 Å². The molecule has 0 aliphatic carbocycles. The molecule has 0 fully saturated rings. The van der Waals surface area contributed by atoms with Crippen molar-refractivity contribution in [1.82, 2.24) is 24.3 Å². The maximum absolute atomic E-state index is 9.19. The van der Waals surface area contributed by atoms with Crippen LogP contribution in [0.15, 0.2) is 12.4 Å². The topological polar surface area (TPSA) is 68.8 Å². The fourth-order valence-electron chi connectivity index (χ4n) is 2.45. The number of hydrogen-bond donors (Lipinski definition) is 1. The third-order valence-electron chi connectivity index (χ3n) is 3.44. The van der Waals surface area contributed by atoms with E-state index in [-0.39, 0.29) is 6.61 Å². The van der Waals surface area contributed by atoms with Crippen LogP contribution in [0.2, 0.25) is 0 Å². The summed E-state index contributed by atoms with van der Waals surface area (Å²) in [4.78, 5) is 4.10. The number of hydrogen-bond acceptors (Lipinski definition) is 4. The summed E-state index contributed by atoms with van der Waals surface area (Å²) in [6.07, 6.45) is 8.23. The van der Waals surface area contributed by atoms with E-state index in [1.807, 2.05) is 10.8 Å². The van der Waals surface area contributed by atoms with E-state index in [2.05, 4.69) is 19.7 Å². The lowest BCUT2D eigenvalue weighted by molar-refractivity contribution is 0.265. The molecule has 0 saturated heterocycles. The van der Waals surface area contributed by atoms with Crippen LogP contribution in [-0.2, 0) is 26.1 Å². The Morgan fingerprint density at radius 3 is 3.00 bits per heavy atom. The lowest BCUT2D eigenvalue weighted by Gasteiger charge is -2.08. The molecule has 6 heteroatoms. The van der Waals surface area contributed by atoms with E-state index in [0.29, 0.717) is 12.4 Å². The van der Waals surface area contributed by atoms with E-state index in [0.717, 1.165) is 24.6 Å². The Morgan fingerprint density at radius 2 is 2.11 bits per heavy atom. The zero-order valence-electron chi connectivity index (χ0n) is 10.3. The molecule has 0 saturated carbocycles. The van der Waals surface area contributed by atoms with Gasteiger partial charge in [0.15, 0.2) is 5.82 Å². The molecule has 2 aromatic rings. The van der Waals surface area contributed by atoms with Crippen molar-refractivity contribution >= 4 is 0 Å². The van der Waals surface area contributed by atoms with Gasteiger partial charge in [-0.25, -0.2) is 4.98 Å². The predicted molar refractivity (Wildman–Crippen MR) is 64.8 cm³/mol. The highest BCUT2D eigenvalue weighted by Crippen LogP contribution is 2.15. The minimum atomic E-state index is -0.0476. The van der Waals surface area contributed by atoms with Crippen molar-refractivity contribution in [3.05, 3.63) is 29.9 Å². The molecule has 3 heterocycles. The molecule has 0 atom stereocenters. The summed E-state index contributed by atoms with van der Waals surface area (Å²) < 4.78 is 4.14. The fraction of sp³-hybridized carbons (Fsp3) is 0.583. The number of aliphatic hydroxyl groups is 1. The lowest BCUT2D eigenvalue weighted by atomic mass is 10.2. The zero-order chi connectivity index (χ0) is 12.4. The third kappa shape index (κ3) is 2.03. The molecule has 0 bridgehead atoms. The second kappa shape index (κ2) is 4.89. The van der Waals surface area contributed by atoms with Crippen LogP contribution >= 0.6 is 0 Å². The Balaban J connectivity index is 1.87. The smallest absolute Gasteiger partial charge is 0.153 e. The van der Waals surface area contributed by atoms with Crippen LogP contribution in [0.4, 0.5) is 0 Å². The van der Waals surface area contributed by atoms with E-state index < -0.39 is 0 Å². The Hall–Kier alpha value is -1.69. The van der Waals surface area contributed by atoms with Gasteiger partial charge in [-0.1, -0.05) is 6.42 Å². The summed E-state index contributed by atoms with van der Waals surface area (Å²) in [6, 6.07) is 0. The van der Waals surface area contributed by atoms with Gasteiger partial charge >= 0.3 is 0 Å². The van der Waals surface area contributed by atoms with Gasteiger partial charge in [-0.05, 0) is 12.8 Å². The first-order chi connectivity index (χ1) is 8.88. The molecule has 1 N–H and O–H groups in total. The van der Waals surface area contributed by atoms with Crippen molar-refractivity contribution in [3.63, 3.8) is 0 Å². The largest absolute Gasteiger partial charge is 0.388 e. The number of fused-ring (bicyclic) bond motifs is 1. The van der Waals surface area contributed by atoms with Gasteiger partial charge in [0.2, 0.25) is 0 Å². The maximum Gasteiger partial charge on any atom is 0.153 e. The number of aliphatic hydroxyl groups excluding tert-OH is 1. The number of imidazole rings is 1. The molecule has 3 rings (SSSR count). The molecule has 96 valence electrons. The van der Waals surface area contributed by atoms with Gasteiger partial charge in [0.1, 0.15) is 18.3 Å². The number of rotatable bonds is 3. The minimum absolute atomic E-state index is 0.0476. The van der Waals surface area contributed by atoms with Crippen molar-refractivity contribution in [2.75, 3.05) is 0 Å². The summed E-state index contributed by atoms with van der Waals surface area (Å²) >= 11 is 0. The van der Waals surface area contributed by atoms with Crippen LogP contribution in [-0.4, -0.2) is 29.4 Å². The Kier molecular flexibility index (Phi) is 3.10. The van der Waals surface area contributed by atoms with Crippen molar-refractivity contribution in [2.45, 2.75) is 45.4 Å². The van der Waals surface area contributed by atoms with Gasteiger partial charge in [0.05, 0.1) is 6.54 Å². The van der Waals surface area contributed by atoms with Crippen LogP contribution < -0.4 is 0 Å². The summed E-state index contributed by atoms with van der Waals surface area (Å²) in [5.41, 5.74) is 0. The predicted octanol–water partition coefficient (Wildman–Crippen LogP) is 0.742. The number of aryl methyl sites for hydroxylation is 1. The molecule has 1 aliphatic heterocycles. The molecule has 18 heavy (non-hydrogen) atoms. The van der Waals surface area contributed by atoms with Crippen molar-refractivity contribution < 1.29 is 5.11 Å². The standard InChI is InChI=1S/C12H17N5O/c18-9-12-13-5-7-16(12)8-11-15-14-10-4-2-1-3-6-17(10)11/h5,7,18H,1-4,6,8-9H2. The SMILES string of the molecule is OCc1nccn1Cc1nnc2n1CCCCC2. The minimum Gasteiger partial charge on any atom is -0.388 e. The third-order valence-corrected chi connectivity index (χ3v) is 3.44. The summed E-state index contributed by atoms with van der Waals surface area (Å²) in [5.74, 6) is 2.72. The first kappa shape index (κ1) is 11.4. The summed E-state index contributed by atoms with van der Waals surface area (Å²) in [6.45, 7) is 1.58. The first-order valence-corrected chi connectivity index (χ1v) is 6.40. The first-order valence-electron chi connectivity index (χ1n) is 6.40. The molecule has 1 aliphatic rings. The second-order valence-corrected chi connectivity index (χ2v) is 4.62. The van der Waals surface area contributed by atoms with E-state index in [1.165, 1.54) is 19.3 Å². The highest BCUT2D eigenvalue weighted by atomic mass is 16.3. The lowest BCUT2D eigenvalue weighted by Crippen LogP contribution is -2.11. The Bertz CT molecular complexity index is 530. The van der Waals surface area contributed by atoms with E-state index in [1.54, 1.807) is 6.20 Å². The van der Waals surface area contributed by atoms with Gasteiger partial charge in [-0.2, -0.15) is 0 Å². The van der Waals surface area contributed by atoms with Crippen molar-refractivity contribution in [2.24, 2.45) is 0 Å². The molecule has 0 aromatic carbocycles. The summed E-state index contributed by atoms with van der Waals surface area (Å²) in [5, 5.41) is 17.7. The highest BCUT2D eigenvalue weighted by molar-refractivity contribution is 5.01. The Labute approximate surface area is 105 Å². The van der Waals surface area contributed by atoms with Crippen LogP contribution in [0, 0.1) is 0 Å². The van der Waals surface area contributed by atoms with Gasteiger partial charge in [0, 0.05) is 25.4 Å². The zero-order valence-corrected chi connectivity index (χ0v) is 10.3. The van der Waals surface area contributed by atoms with Crippen LogP contribution in [0.1, 0.15) is 36.7 Å². The maximum atomic E-state index is 9.19. The number of aromatic nitrogens is 5. The second-order valence-electron chi connectivity index (χ2n) is 4.62. The molecule has 0 unspecified atom stereocenters. The molecular formula is C12H17N5O.